The zero-order valence-corrected chi connectivity index (χ0v) is 12.0. The van der Waals surface area contributed by atoms with Gasteiger partial charge in [0, 0.05) is 18.6 Å². The maximum absolute atomic E-state index is 11.7. The fraction of sp³-hybridized carbons (Fsp3) is 0.0769. The topological polar surface area (TPSA) is 107 Å². The second kappa shape index (κ2) is 6.76. The number of amides is 1. The third-order valence-electron chi connectivity index (χ3n) is 2.43. The molecule has 3 rings (SSSR count). The van der Waals surface area contributed by atoms with Crippen LogP contribution in [-0.4, -0.2) is 36.8 Å². The fourth-order valence-electron chi connectivity index (χ4n) is 1.51. The summed E-state index contributed by atoms with van der Waals surface area (Å²) >= 11 is 1.13. The highest BCUT2D eigenvalue weighted by atomic mass is 32.2. The van der Waals surface area contributed by atoms with Crippen LogP contribution in [-0.2, 0) is 4.79 Å². The lowest BCUT2D eigenvalue weighted by atomic mass is 10.3. The summed E-state index contributed by atoms with van der Waals surface area (Å²) < 4.78 is 5.44. The van der Waals surface area contributed by atoms with E-state index in [0.717, 1.165) is 11.8 Å². The Labute approximate surface area is 129 Å². The van der Waals surface area contributed by atoms with Gasteiger partial charge in [-0.15, -0.1) is 10.2 Å². The van der Waals surface area contributed by atoms with Gasteiger partial charge in [0.15, 0.2) is 0 Å². The molecule has 3 aromatic rings. The summed E-state index contributed by atoms with van der Waals surface area (Å²) in [6, 6.07) is 7.06. The predicted molar refractivity (Wildman–Crippen MR) is 78.9 cm³/mol. The lowest BCUT2D eigenvalue weighted by Crippen LogP contribution is -2.15. The van der Waals surface area contributed by atoms with E-state index in [0.29, 0.717) is 16.8 Å². The first-order valence-electron chi connectivity index (χ1n) is 6.26. The quantitative estimate of drug-likeness (QED) is 0.708. The number of hydrogen-bond donors (Lipinski definition) is 1. The number of pyridine rings is 1. The number of aromatic nitrogens is 5. The SMILES string of the molecule is O=C(CSc1nnc(-c2ccccn2)o1)Nc1ncccn1. The molecule has 0 bridgehead atoms. The number of carbonyl (C=O) groups is 1. The lowest BCUT2D eigenvalue weighted by molar-refractivity contribution is -0.113. The lowest BCUT2D eigenvalue weighted by Gasteiger charge is -2.00. The van der Waals surface area contributed by atoms with E-state index in [2.05, 4.69) is 30.5 Å². The minimum Gasteiger partial charge on any atom is -0.410 e. The standard InChI is InChI=1S/C13H10N6O2S/c20-10(17-12-15-6-3-7-16-12)8-22-13-19-18-11(21-13)9-4-1-2-5-14-9/h1-7H,8H2,(H,15,16,17,20). The van der Waals surface area contributed by atoms with Gasteiger partial charge in [0.2, 0.25) is 11.9 Å². The van der Waals surface area contributed by atoms with Crippen molar-refractivity contribution in [1.29, 1.82) is 0 Å². The van der Waals surface area contributed by atoms with Crippen LogP contribution in [0.3, 0.4) is 0 Å². The van der Waals surface area contributed by atoms with Crippen molar-refractivity contribution in [3.8, 4) is 11.6 Å². The summed E-state index contributed by atoms with van der Waals surface area (Å²) in [7, 11) is 0. The molecular weight excluding hydrogens is 304 g/mol. The van der Waals surface area contributed by atoms with Crippen LogP contribution in [0.25, 0.3) is 11.6 Å². The van der Waals surface area contributed by atoms with Gasteiger partial charge in [-0.25, -0.2) is 9.97 Å². The zero-order chi connectivity index (χ0) is 15.2. The summed E-state index contributed by atoms with van der Waals surface area (Å²) in [5.74, 6) is 0.429. The molecule has 0 unspecified atom stereocenters. The number of hydrogen-bond acceptors (Lipinski definition) is 8. The van der Waals surface area contributed by atoms with Crippen molar-refractivity contribution in [3.05, 3.63) is 42.9 Å². The van der Waals surface area contributed by atoms with E-state index in [9.17, 15) is 4.79 Å². The number of rotatable bonds is 5. The third-order valence-corrected chi connectivity index (χ3v) is 3.25. The average molecular weight is 314 g/mol. The Balaban J connectivity index is 1.56. The normalized spacial score (nSPS) is 10.4. The van der Waals surface area contributed by atoms with Crippen molar-refractivity contribution in [3.63, 3.8) is 0 Å². The molecule has 0 saturated carbocycles. The van der Waals surface area contributed by atoms with Crippen molar-refractivity contribution in [2.75, 3.05) is 11.1 Å². The molecule has 1 amide bonds. The third kappa shape index (κ3) is 3.64. The number of nitrogens with one attached hydrogen (secondary N) is 1. The van der Waals surface area contributed by atoms with Crippen LogP contribution in [0.15, 0.2) is 52.5 Å². The van der Waals surface area contributed by atoms with Crippen molar-refractivity contribution in [2.45, 2.75) is 5.22 Å². The van der Waals surface area contributed by atoms with Gasteiger partial charge in [-0.2, -0.15) is 0 Å². The zero-order valence-electron chi connectivity index (χ0n) is 11.2. The molecule has 3 aromatic heterocycles. The number of anilines is 1. The highest BCUT2D eigenvalue weighted by Crippen LogP contribution is 2.21. The highest BCUT2D eigenvalue weighted by Gasteiger charge is 2.12. The van der Waals surface area contributed by atoms with Crippen molar-refractivity contribution < 1.29 is 9.21 Å². The van der Waals surface area contributed by atoms with Crippen LogP contribution in [0.2, 0.25) is 0 Å². The van der Waals surface area contributed by atoms with Crippen molar-refractivity contribution in [2.24, 2.45) is 0 Å². The molecule has 0 aliphatic carbocycles. The second-order valence-corrected chi connectivity index (χ2v) is 4.92. The molecule has 9 heteroatoms. The number of thioether (sulfide) groups is 1. The smallest absolute Gasteiger partial charge is 0.277 e. The molecule has 3 heterocycles. The van der Waals surface area contributed by atoms with E-state index in [4.69, 9.17) is 4.42 Å². The minimum absolute atomic E-state index is 0.113. The van der Waals surface area contributed by atoms with Crippen molar-refractivity contribution >= 4 is 23.6 Å². The number of nitrogens with zero attached hydrogens (tertiary/aromatic N) is 5. The second-order valence-electron chi connectivity index (χ2n) is 4.00. The van der Waals surface area contributed by atoms with Gasteiger partial charge in [-0.1, -0.05) is 17.8 Å². The molecule has 0 spiro atoms. The first kappa shape index (κ1) is 14.1. The highest BCUT2D eigenvalue weighted by molar-refractivity contribution is 7.99. The van der Waals surface area contributed by atoms with Gasteiger partial charge in [-0.3, -0.25) is 15.1 Å². The van der Waals surface area contributed by atoms with Gasteiger partial charge in [0.25, 0.3) is 11.1 Å². The fourth-order valence-corrected chi connectivity index (χ4v) is 2.08. The molecule has 0 atom stereocenters. The van der Waals surface area contributed by atoms with Crippen LogP contribution in [0.4, 0.5) is 5.95 Å². The molecule has 8 nitrogen and oxygen atoms in total. The molecule has 0 aromatic carbocycles. The van der Waals surface area contributed by atoms with Crippen LogP contribution >= 0.6 is 11.8 Å². The van der Waals surface area contributed by atoms with Gasteiger partial charge in [0.1, 0.15) is 5.69 Å². The Morgan fingerprint density at radius 2 is 1.91 bits per heavy atom. The molecule has 22 heavy (non-hydrogen) atoms. The molecule has 0 aliphatic rings. The van der Waals surface area contributed by atoms with E-state index in [1.54, 1.807) is 36.8 Å². The van der Waals surface area contributed by atoms with E-state index in [1.807, 2.05) is 6.07 Å². The Morgan fingerprint density at radius 1 is 1.09 bits per heavy atom. The Morgan fingerprint density at radius 3 is 2.68 bits per heavy atom. The Hall–Kier alpha value is -2.81. The van der Waals surface area contributed by atoms with E-state index in [-0.39, 0.29) is 17.6 Å². The van der Waals surface area contributed by atoms with Gasteiger partial charge in [0.05, 0.1) is 5.75 Å². The summed E-state index contributed by atoms with van der Waals surface area (Å²) in [5, 5.41) is 10.6. The minimum atomic E-state index is -0.256. The average Bonchev–Trinajstić information content (AvgIpc) is 3.04. The summed E-state index contributed by atoms with van der Waals surface area (Å²) in [4.78, 5) is 23.7. The molecule has 0 fully saturated rings. The van der Waals surface area contributed by atoms with E-state index in [1.165, 1.54) is 0 Å². The van der Waals surface area contributed by atoms with Crippen LogP contribution in [0.1, 0.15) is 0 Å². The summed E-state index contributed by atoms with van der Waals surface area (Å²) in [5.41, 5.74) is 0.587. The molecule has 110 valence electrons. The first-order valence-corrected chi connectivity index (χ1v) is 7.24. The Kier molecular flexibility index (Phi) is 4.35. The molecule has 1 N–H and O–H groups in total. The van der Waals surface area contributed by atoms with Crippen LogP contribution in [0.5, 0.6) is 0 Å². The molecule has 0 aliphatic heterocycles. The van der Waals surface area contributed by atoms with E-state index >= 15 is 0 Å². The van der Waals surface area contributed by atoms with Gasteiger partial charge in [-0.05, 0) is 18.2 Å². The largest absolute Gasteiger partial charge is 0.410 e. The van der Waals surface area contributed by atoms with Crippen LogP contribution < -0.4 is 5.32 Å². The Bertz CT molecular complexity index is 749. The molecular formula is C13H10N6O2S. The molecule has 0 radical (unpaired) electrons. The maximum Gasteiger partial charge on any atom is 0.277 e. The molecule has 0 saturated heterocycles. The monoisotopic (exact) mass is 314 g/mol. The number of carbonyl (C=O) groups excluding carboxylic acids is 1. The summed E-state index contributed by atoms with van der Waals surface area (Å²) in [6.07, 6.45) is 4.74. The van der Waals surface area contributed by atoms with Crippen LogP contribution in [0, 0.1) is 0 Å². The predicted octanol–water partition coefficient (Wildman–Crippen LogP) is 1.65. The van der Waals surface area contributed by atoms with Crippen molar-refractivity contribution in [1.82, 2.24) is 25.1 Å². The maximum atomic E-state index is 11.7. The van der Waals surface area contributed by atoms with Gasteiger partial charge < -0.3 is 4.42 Å². The van der Waals surface area contributed by atoms with Gasteiger partial charge >= 0.3 is 0 Å². The van der Waals surface area contributed by atoms with E-state index < -0.39 is 0 Å². The first-order chi connectivity index (χ1) is 10.8. The summed E-state index contributed by atoms with van der Waals surface area (Å²) in [6.45, 7) is 0.